The molecule has 2 aromatic rings. The molecule has 0 atom stereocenters. The molecular formula is C22H24ClNO5. The van der Waals surface area contributed by atoms with E-state index in [-0.39, 0.29) is 23.3 Å². The van der Waals surface area contributed by atoms with Crippen LogP contribution >= 0.6 is 11.6 Å². The third-order valence-electron chi connectivity index (χ3n) is 3.95. The van der Waals surface area contributed by atoms with Crippen LogP contribution in [0.2, 0.25) is 5.02 Å². The normalized spacial score (nSPS) is 10.7. The summed E-state index contributed by atoms with van der Waals surface area (Å²) in [5, 5.41) is 0.288. The lowest BCUT2D eigenvalue weighted by atomic mass is 10.1. The predicted molar refractivity (Wildman–Crippen MR) is 113 cm³/mol. The molecule has 0 saturated carbocycles. The highest BCUT2D eigenvalue weighted by Gasteiger charge is 2.15. The van der Waals surface area contributed by atoms with E-state index < -0.39 is 0 Å². The lowest BCUT2D eigenvalue weighted by Gasteiger charge is -2.16. The number of carbonyl (C=O) groups excluding carboxylic acids is 2. The number of nitrogens with zero attached hydrogens (tertiary/aromatic N) is 1. The number of carbonyl (C=O) groups is 2. The number of ether oxygens (including phenoxy) is 3. The van der Waals surface area contributed by atoms with Gasteiger partial charge in [0.2, 0.25) is 0 Å². The molecule has 0 bridgehead atoms. The van der Waals surface area contributed by atoms with E-state index >= 15 is 0 Å². The van der Waals surface area contributed by atoms with Crippen LogP contribution in [-0.4, -0.2) is 51.0 Å². The number of rotatable bonds is 9. The molecular weight excluding hydrogens is 394 g/mol. The van der Waals surface area contributed by atoms with Gasteiger partial charge in [-0.3, -0.25) is 9.59 Å². The molecule has 0 saturated heterocycles. The molecule has 0 fully saturated rings. The number of likely N-dealkylation sites (N-methyl/N-ethyl adjacent to an activating group) is 1. The SMILES string of the molecule is CCOc1cc(/C=C/C(=O)c2cccc(OC)c2)cc(Cl)c1OCC(=O)N(C)C. The first-order chi connectivity index (χ1) is 13.8. The second-order valence-electron chi connectivity index (χ2n) is 6.27. The van der Waals surface area contributed by atoms with Gasteiger partial charge in [-0.1, -0.05) is 29.8 Å². The number of halogens is 1. The average molecular weight is 418 g/mol. The van der Waals surface area contributed by atoms with Gasteiger partial charge >= 0.3 is 0 Å². The first-order valence-corrected chi connectivity index (χ1v) is 9.39. The van der Waals surface area contributed by atoms with Crippen molar-refractivity contribution in [1.82, 2.24) is 4.90 Å². The van der Waals surface area contributed by atoms with E-state index in [0.29, 0.717) is 35.0 Å². The molecule has 0 aliphatic carbocycles. The third kappa shape index (κ3) is 6.26. The summed E-state index contributed by atoms with van der Waals surface area (Å²) in [5.74, 6) is 0.936. The minimum Gasteiger partial charge on any atom is -0.497 e. The van der Waals surface area contributed by atoms with Crippen molar-refractivity contribution in [3.05, 3.63) is 58.6 Å². The zero-order chi connectivity index (χ0) is 21.4. The van der Waals surface area contributed by atoms with Gasteiger partial charge in [0.25, 0.3) is 5.91 Å². The van der Waals surface area contributed by atoms with Crippen molar-refractivity contribution in [2.45, 2.75) is 6.92 Å². The molecule has 6 nitrogen and oxygen atoms in total. The average Bonchev–Trinajstić information content (AvgIpc) is 2.71. The quantitative estimate of drug-likeness (QED) is 0.453. The zero-order valence-corrected chi connectivity index (χ0v) is 17.7. The summed E-state index contributed by atoms with van der Waals surface area (Å²) >= 11 is 6.34. The molecule has 0 unspecified atom stereocenters. The zero-order valence-electron chi connectivity index (χ0n) is 16.9. The molecule has 154 valence electrons. The van der Waals surface area contributed by atoms with Crippen LogP contribution in [0.4, 0.5) is 0 Å². The maximum Gasteiger partial charge on any atom is 0.259 e. The maximum absolute atomic E-state index is 12.4. The Hall–Kier alpha value is -2.99. The van der Waals surface area contributed by atoms with Crippen molar-refractivity contribution >= 4 is 29.4 Å². The van der Waals surface area contributed by atoms with E-state index in [4.69, 9.17) is 25.8 Å². The maximum atomic E-state index is 12.4. The van der Waals surface area contributed by atoms with Gasteiger partial charge in [-0.25, -0.2) is 0 Å². The van der Waals surface area contributed by atoms with Crippen molar-refractivity contribution in [2.24, 2.45) is 0 Å². The predicted octanol–water partition coefficient (Wildman–Crippen LogP) is 4.11. The fourth-order valence-electron chi connectivity index (χ4n) is 2.39. The molecule has 0 aliphatic heterocycles. The molecule has 7 heteroatoms. The molecule has 2 rings (SSSR count). The number of amides is 1. The van der Waals surface area contributed by atoms with Crippen LogP contribution in [0.5, 0.6) is 17.2 Å². The number of hydrogen-bond donors (Lipinski definition) is 0. The molecule has 0 heterocycles. The first-order valence-electron chi connectivity index (χ1n) is 9.01. The molecule has 29 heavy (non-hydrogen) atoms. The monoisotopic (exact) mass is 417 g/mol. The Labute approximate surface area is 175 Å². The third-order valence-corrected chi connectivity index (χ3v) is 4.23. The fraction of sp³-hybridized carbons (Fsp3) is 0.273. The Kier molecular flexibility index (Phi) is 8.09. The molecule has 0 N–H and O–H groups in total. The van der Waals surface area contributed by atoms with Gasteiger partial charge in [0.05, 0.1) is 18.7 Å². The Morgan fingerprint density at radius 1 is 1.14 bits per heavy atom. The highest BCUT2D eigenvalue weighted by molar-refractivity contribution is 6.32. The first kappa shape index (κ1) is 22.3. The largest absolute Gasteiger partial charge is 0.497 e. The minimum absolute atomic E-state index is 0.156. The summed E-state index contributed by atoms with van der Waals surface area (Å²) in [5.41, 5.74) is 1.18. The van der Waals surface area contributed by atoms with E-state index in [2.05, 4.69) is 0 Å². The van der Waals surface area contributed by atoms with E-state index in [9.17, 15) is 9.59 Å². The van der Waals surface area contributed by atoms with Crippen LogP contribution < -0.4 is 14.2 Å². The summed E-state index contributed by atoms with van der Waals surface area (Å²) in [6.45, 7) is 2.07. The van der Waals surface area contributed by atoms with Gasteiger partial charge in [-0.05, 0) is 42.8 Å². The van der Waals surface area contributed by atoms with Crippen LogP contribution in [0.1, 0.15) is 22.8 Å². The van der Waals surface area contributed by atoms with E-state index in [0.717, 1.165) is 0 Å². The number of methoxy groups -OCH3 is 1. The van der Waals surface area contributed by atoms with Crippen LogP contribution in [0, 0.1) is 0 Å². The number of ketones is 1. The van der Waals surface area contributed by atoms with Crippen LogP contribution in [0.3, 0.4) is 0 Å². The van der Waals surface area contributed by atoms with Gasteiger partial charge in [-0.2, -0.15) is 0 Å². The Morgan fingerprint density at radius 3 is 2.55 bits per heavy atom. The number of hydrogen-bond acceptors (Lipinski definition) is 5. The Morgan fingerprint density at radius 2 is 1.90 bits per heavy atom. The van der Waals surface area contributed by atoms with Gasteiger partial charge in [0.1, 0.15) is 5.75 Å². The summed E-state index contributed by atoms with van der Waals surface area (Å²) in [7, 11) is 4.83. The minimum atomic E-state index is -0.198. The highest BCUT2D eigenvalue weighted by atomic mass is 35.5. The molecule has 1 amide bonds. The van der Waals surface area contributed by atoms with Gasteiger partial charge in [-0.15, -0.1) is 0 Å². The lowest BCUT2D eigenvalue weighted by molar-refractivity contribution is -0.130. The molecule has 2 aromatic carbocycles. The number of allylic oxidation sites excluding steroid dienone is 1. The van der Waals surface area contributed by atoms with E-state index in [1.807, 2.05) is 6.92 Å². The molecule has 0 aliphatic rings. The Bertz CT molecular complexity index is 908. The van der Waals surface area contributed by atoms with Crippen molar-refractivity contribution in [3.8, 4) is 17.2 Å². The van der Waals surface area contributed by atoms with Crippen LogP contribution in [0.25, 0.3) is 6.08 Å². The fourth-order valence-corrected chi connectivity index (χ4v) is 2.67. The smallest absolute Gasteiger partial charge is 0.259 e. The molecule has 0 radical (unpaired) electrons. The van der Waals surface area contributed by atoms with Crippen LogP contribution in [0.15, 0.2) is 42.5 Å². The summed E-state index contributed by atoms with van der Waals surface area (Å²) in [4.78, 5) is 25.6. The second-order valence-corrected chi connectivity index (χ2v) is 6.68. The lowest BCUT2D eigenvalue weighted by Crippen LogP contribution is -2.27. The van der Waals surface area contributed by atoms with Crippen molar-refractivity contribution < 1.29 is 23.8 Å². The summed E-state index contributed by atoms with van der Waals surface area (Å²) in [6.07, 6.45) is 3.09. The highest BCUT2D eigenvalue weighted by Crippen LogP contribution is 2.37. The van der Waals surface area contributed by atoms with Crippen molar-refractivity contribution in [1.29, 1.82) is 0 Å². The molecule has 0 spiro atoms. The van der Waals surface area contributed by atoms with Crippen molar-refractivity contribution in [2.75, 3.05) is 34.4 Å². The Balaban J connectivity index is 2.23. The van der Waals surface area contributed by atoms with E-state index in [1.54, 1.807) is 63.7 Å². The van der Waals surface area contributed by atoms with E-state index in [1.165, 1.54) is 11.0 Å². The van der Waals surface area contributed by atoms with Gasteiger partial charge in [0, 0.05) is 19.7 Å². The van der Waals surface area contributed by atoms with Gasteiger partial charge < -0.3 is 19.1 Å². The van der Waals surface area contributed by atoms with Gasteiger partial charge in [0.15, 0.2) is 23.9 Å². The van der Waals surface area contributed by atoms with Crippen LogP contribution in [-0.2, 0) is 4.79 Å². The number of benzene rings is 2. The topological polar surface area (TPSA) is 65.1 Å². The summed E-state index contributed by atoms with van der Waals surface area (Å²) in [6, 6.07) is 10.3. The second kappa shape index (κ2) is 10.5. The van der Waals surface area contributed by atoms with Crippen molar-refractivity contribution in [3.63, 3.8) is 0 Å². The standard InChI is InChI=1S/C22H24ClNO5/c1-5-28-20-12-15(11-18(23)22(20)29-14-21(26)24(2)3)9-10-19(25)16-7-6-8-17(13-16)27-4/h6-13H,5,14H2,1-4H3/b10-9+. The summed E-state index contributed by atoms with van der Waals surface area (Å²) < 4.78 is 16.3. The molecule has 0 aromatic heterocycles.